The van der Waals surface area contributed by atoms with Crippen LogP contribution in [0, 0.1) is 0 Å². The molecule has 0 aliphatic carbocycles. The molecule has 0 amide bonds. The quantitative estimate of drug-likeness (QED) is 0.636. The summed E-state index contributed by atoms with van der Waals surface area (Å²) in [4.78, 5) is 25.5. The molecule has 8 nitrogen and oxygen atoms in total. The molecule has 0 radical (unpaired) electrons. The van der Waals surface area contributed by atoms with E-state index in [0.29, 0.717) is 18.8 Å². The number of aliphatic hydroxyl groups excluding tert-OH is 1. The van der Waals surface area contributed by atoms with E-state index in [2.05, 4.69) is 33.9 Å². The first kappa shape index (κ1) is 24.4. The molecule has 0 unspecified atom stereocenters. The third kappa shape index (κ3) is 5.23. The summed E-state index contributed by atoms with van der Waals surface area (Å²) in [5.41, 5.74) is -0.146. The zero-order valence-corrected chi connectivity index (χ0v) is 20.7. The minimum Gasteiger partial charge on any atom is -0.497 e. The predicted octanol–water partition coefficient (Wildman–Crippen LogP) is 2.74. The van der Waals surface area contributed by atoms with Gasteiger partial charge in [-0.15, -0.1) is 0 Å². The minimum absolute atomic E-state index is 0.0670. The van der Waals surface area contributed by atoms with Crippen LogP contribution < -0.4 is 16.0 Å². The predicted molar refractivity (Wildman–Crippen MR) is 125 cm³/mol. The number of benzene rings is 1. The first-order chi connectivity index (χ1) is 14.9. The van der Waals surface area contributed by atoms with E-state index in [1.807, 2.05) is 0 Å². The molecule has 0 saturated carbocycles. The summed E-state index contributed by atoms with van der Waals surface area (Å²) in [5, 5.41) is 10.7. The molecule has 176 valence electrons. The fourth-order valence-corrected chi connectivity index (χ4v) is 4.43. The molecular weight excluding hydrogens is 428 g/mol. The monoisotopic (exact) mass is 462 g/mol. The van der Waals surface area contributed by atoms with Gasteiger partial charge in [-0.05, 0) is 35.8 Å². The lowest BCUT2D eigenvalue weighted by molar-refractivity contribution is -0.0521. The van der Waals surface area contributed by atoms with Gasteiger partial charge < -0.3 is 19.0 Å². The Kier molecular flexibility index (Phi) is 7.14. The number of rotatable bonds is 7. The van der Waals surface area contributed by atoms with Gasteiger partial charge in [-0.25, -0.2) is 4.79 Å². The van der Waals surface area contributed by atoms with Crippen molar-refractivity contribution in [3.05, 3.63) is 62.9 Å². The summed E-state index contributed by atoms with van der Waals surface area (Å²) < 4.78 is 19.8. The summed E-state index contributed by atoms with van der Waals surface area (Å²) in [7, 11) is -0.382. The lowest BCUT2D eigenvalue weighted by Gasteiger charge is -2.36. The Bertz CT molecular complexity index is 1040. The van der Waals surface area contributed by atoms with E-state index in [1.165, 1.54) is 16.8 Å². The van der Waals surface area contributed by atoms with E-state index in [9.17, 15) is 14.7 Å². The smallest absolute Gasteiger partial charge is 0.333 e. The number of nitrogens with zero attached hydrogens (tertiary/aromatic N) is 2. The first-order valence-electron chi connectivity index (χ1n) is 10.9. The Morgan fingerprint density at radius 3 is 2.41 bits per heavy atom. The van der Waals surface area contributed by atoms with E-state index in [-0.39, 0.29) is 17.7 Å². The van der Waals surface area contributed by atoms with Crippen molar-refractivity contribution in [1.29, 1.82) is 0 Å². The number of hydrogen-bond acceptors (Lipinski definition) is 6. The standard InChI is InChI=1S/C23H34N2O6Si/c1-23(2,3)32(5,6)30-15-18-13-19(26)21(31-18)24-12-11-20(27)25(22(24)28)14-16-7-9-17(29-4)10-8-16/h7-12,18-19,21,26H,13-15H2,1-6H3/t18-,19+,21+/m0/s1. The highest BCUT2D eigenvalue weighted by molar-refractivity contribution is 6.74. The summed E-state index contributed by atoms with van der Waals surface area (Å²) >= 11 is 0. The highest BCUT2D eigenvalue weighted by atomic mass is 28.4. The highest BCUT2D eigenvalue weighted by Gasteiger charge is 2.41. The first-order valence-corrected chi connectivity index (χ1v) is 13.8. The fourth-order valence-electron chi connectivity index (χ4n) is 3.39. The third-order valence-corrected chi connectivity index (χ3v) is 11.0. The van der Waals surface area contributed by atoms with Crippen molar-refractivity contribution in [2.45, 2.75) is 70.3 Å². The zero-order valence-electron chi connectivity index (χ0n) is 19.7. The molecule has 32 heavy (non-hydrogen) atoms. The molecule has 1 fully saturated rings. The molecule has 3 rings (SSSR count). The number of hydrogen-bond donors (Lipinski definition) is 1. The zero-order chi connectivity index (χ0) is 23.7. The van der Waals surface area contributed by atoms with Crippen LogP contribution in [0.4, 0.5) is 0 Å². The van der Waals surface area contributed by atoms with Crippen LogP contribution in [-0.4, -0.2) is 48.5 Å². The van der Waals surface area contributed by atoms with Crippen molar-refractivity contribution in [3.8, 4) is 5.75 Å². The number of methoxy groups -OCH3 is 1. The summed E-state index contributed by atoms with van der Waals surface area (Å²) in [6.45, 7) is 11.3. The molecular formula is C23H34N2O6Si. The topological polar surface area (TPSA) is 91.9 Å². The SMILES string of the molecule is COc1ccc(Cn2c(=O)ccn([C@@H]3O[C@H](CO[Si](C)(C)C(C)(C)C)C[C@H]3O)c2=O)cc1. The summed E-state index contributed by atoms with van der Waals surface area (Å²) in [6, 6.07) is 8.48. The molecule has 1 saturated heterocycles. The van der Waals surface area contributed by atoms with Crippen molar-refractivity contribution in [2.24, 2.45) is 0 Å². The van der Waals surface area contributed by atoms with E-state index in [0.717, 1.165) is 10.1 Å². The van der Waals surface area contributed by atoms with Crippen LogP contribution in [0.1, 0.15) is 39.0 Å². The largest absolute Gasteiger partial charge is 0.497 e. The number of aromatic nitrogens is 2. The molecule has 1 aliphatic rings. The Labute approximate surface area is 189 Å². The van der Waals surface area contributed by atoms with Crippen LogP contribution >= 0.6 is 0 Å². The molecule has 9 heteroatoms. The number of aliphatic hydroxyl groups is 1. The Hall–Kier alpha value is -2.20. The van der Waals surface area contributed by atoms with Gasteiger partial charge in [0.1, 0.15) is 11.9 Å². The Morgan fingerprint density at radius 2 is 1.81 bits per heavy atom. The van der Waals surface area contributed by atoms with Gasteiger partial charge in [0.25, 0.3) is 5.56 Å². The van der Waals surface area contributed by atoms with Gasteiger partial charge in [0.15, 0.2) is 14.5 Å². The maximum atomic E-state index is 13.1. The van der Waals surface area contributed by atoms with Gasteiger partial charge in [0, 0.05) is 18.7 Å². The molecule has 0 spiro atoms. The molecule has 2 aromatic rings. The van der Waals surface area contributed by atoms with Crippen molar-refractivity contribution >= 4 is 8.32 Å². The molecule has 1 N–H and O–H groups in total. The molecule has 3 atom stereocenters. The minimum atomic E-state index is -1.96. The van der Waals surface area contributed by atoms with E-state index in [4.69, 9.17) is 13.9 Å². The van der Waals surface area contributed by atoms with Crippen molar-refractivity contribution in [1.82, 2.24) is 9.13 Å². The average molecular weight is 463 g/mol. The van der Waals surface area contributed by atoms with Crippen molar-refractivity contribution in [2.75, 3.05) is 13.7 Å². The van der Waals surface area contributed by atoms with Crippen LogP contribution in [0.15, 0.2) is 46.1 Å². The normalized spacial score (nSPS) is 21.7. The second kappa shape index (κ2) is 9.34. The van der Waals surface area contributed by atoms with Crippen LogP contribution in [-0.2, 0) is 15.7 Å². The summed E-state index contributed by atoms with van der Waals surface area (Å²) in [6.07, 6.45) is -0.299. The Balaban J connectivity index is 1.77. The maximum Gasteiger partial charge on any atom is 0.333 e. The Morgan fingerprint density at radius 1 is 1.16 bits per heavy atom. The number of ether oxygens (including phenoxy) is 2. The van der Waals surface area contributed by atoms with E-state index >= 15 is 0 Å². The van der Waals surface area contributed by atoms with Gasteiger partial charge in [0.05, 0.1) is 26.4 Å². The maximum absolute atomic E-state index is 13.1. The fraction of sp³-hybridized carbons (Fsp3) is 0.565. The highest BCUT2D eigenvalue weighted by Crippen LogP contribution is 2.37. The molecule has 1 aromatic carbocycles. The molecule has 2 heterocycles. The second-order valence-corrected chi connectivity index (χ2v) is 14.6. The molecule has 0 bridgehead atoms. The molecule has 1 aliphatic heterocycles. The average Bonchev–Trinajstić information content (AvgIpc) is 3.10. The van der Waals surface area contributed by atoms with Crippen molar-refractivity contribution < 1.29 is 19.0 Å². The van der Waals surface area contributed by atoms with Gasteiger partial charge in [0.2, 0.25) is 0 Å². The molecule has 1 aromatic heterocycles. The van der Waals surface area contributed by atoms with Gasteiger partial charge in [-0.2, -0.15) is 0 Å². The second-order valence-electron chi connectivity index (χ2n) is 9.80. The van der Waals surface area contributed by atoms with Gasteiger partial charge >= 0.3 is 5.69 Å². The lowest BCUT2D eigenvalue weighted by Crippen LogP contribution is -2.43. The van der Waals surface area contributed by atoms with Crippen LogP contribution in [0.3, 0.4) is 0 Å². The summed E-state index contributed by atoms with van der Waals surface area (Å²) in [5.74, 6) is 0.694. The van der Waals surface area contributed by atoms with E-state index in [1.54, 1.807) is 31.4 Å². The van der Waals surface area contributed by atoms with Crippen LogP contribution in [0.25, 0.3) is 0 Å². The van der Waals surface area contributed by atoms with Crippen molar-refractivity contribution in [3.63, 3.8) is 0 Å². The third-order valence-electron chi connectivity index (χ3n) is 6.47. The van der Waals surface area contributed by atoms with Gasteiger partial charge in [-0.3, -0.25) is 13.9 Å². The van der Waals surface area contributed by atoms with Crippen LogP contribution in [0.2, 0.25) is 18.1 Å². The van der Waals surface area contributed by atoms with Crippen LogP contribution in [0.5, 0.6) is 5.75 Å². The van der Waals surface area contributed by atoms with E-state index < -0.39 is 31.9 Å². The van der Waals surface area contributed by atoms with Gasteiger partial charge in [-0.1, -0.05) is 32.9 Å². The lowest BCUT2D eigenvalue weighted by atomic mass is 10.2.